The van der Waals surface area contributed by atoms with Crippen molar-refractivity contribution in [1.82, 2.24) is 4.57 Å². The van der Waals surface area contributed by atoms with Crippen molar-refractivity contribution in [3.05, 3.63) is 54.1 Å². The quantitative estimate of drug-likeness (QED) is 0.132. The van der Waals surface area contributed by atoms with Crippen molar-refractivity contribution in [2.24, 2.45) is 0 Å². The van der Waals surface area contributed by atoms with E-state index in [2.05, 4.69) is 65.7 Å². The molecule has 0 unspecified atom stereocenters. The van der Waals surface area contributed by atoms with Crippen LogP contribution in [0.3, 0.4) is 0 Å². The number of hydrogen-bond acceptors (Lipinski definition) is 0. The summed E-state index contributed by atoms with van der Waals surface area (Å²) < 4.78 is 5.02. The molecule has 2 nitrogen and oxygen atoms in total. The molecule has 0 spiro atoms. The Hall–Kier alpha value is -1.57. The van der Waals surface area contributed by atoms with Gasteiger partial charge in [0.1, 0.15) is 18.9 Å². The lowest BCUT2D eigenvalue weighted by molar-refractivity contribution is -0.704. The largest absolute Gasteiger partial charge is 0.256 e. The molecule has 0 N–H and O–H groups in total. The maximum atomic E-state index is 2.53. The molecule has 1 aromatic heterocycles. The Morgan fingerprint density at radius 3 is 1.70 bits per heavy atom. The first kappa shape index (κ1) is 27.7. The van der Waals surface area contributed by atoms with Crippen molar-refractivity contribution in [3.63, 3.8) is 0 Å². The average molecular weight is 454 g/mol. The molecule has 0 fully saturated rings. The van der Waals surface area contributed by atoms with E-state index in [1.807, 2.05) is 0 Å². The molecular formula is C31H53N2+. The van der Waals surface area contributed by atoms with Crippen LogP contribution in [0, 0.1) is 0 Å². The van der Waals surface area contributed by atoms with Gasteiger partial charge >= 0.3 is 0 Å². The summed E-state index contributed by atoms with van der Waals surface area (Å²) >= 11 is 0. The molecule has 2 rings (SSSR count). The van der Waals surface area contributed by atoms with Gasteiger partial charge in [-0.2, -0.15) is 0 Å². The summed E-state index contributed by atoms with van der Waals surface area (Å²) in [6.45, 7) is 6.76. The van der Waals surface area contributed by atoms with Crippen LogP contribution in [-0.4, -0.2) is 4.57 Å². The van der Waals surface area contributed by atoms with E-state index in [9.17, 15) is 0 Å². The Morgan fingerprint density at radius 1 is 0.606 bits per heavy atom. The van der Waals surface area contributed by atoms with Gasteiger partial charge in [0.15, 0.2) is 0 Å². The number of hydrogen-bond donors (Lipinski definition) is 0. The molecule has 0 amide bonds. The van der Waals surface area contributed by atoms with Gasteiger partial charge in [0, 0.05) is 6.42 Å². The van der Waals surface area contributed by atoms with Gasteiger partial charge in [-0.05, 0) is 24.8 Å². The molecule has 0 radical (unpaired) electrons. The molecule has 0 saturated carbocycles. The molecule has 2 heteroatoms. The summed E-state index contributed by atoms with van der Waals surface area (Å²) in [6.07, 6.45) is 29.7. The predicted octanol–water partition coefficient (Wildman–Crippen LogP) is 9.04. The summed E-state index contributed by atoms with van der Waals surface area (Å²) in [4.78, 5) is 0. The lowest BCUT2D eigenvalue weighted by Crippen LogP contribution is -2.37. The fourth-order valence-corrected chi connectivity index (χ4v) is 4.92. The highest BCUT2D eigenvalue weighted by Gasteiger charge is 2.16. The third kappa shape index (κ3) is 12.5. The predicted molar refractivity (Wildman–Crippen MR) is 144 cm³/mol. The van der Waals surface area contributed by atoms with Gasteiger partial charge < -0.3 is 0 Å². The maximum Gasteiger partial charge on any atom is 0.256 e. The molecule has 0 aliphatic carbocycles. The van der Waals surface area contributed by atoms with Crippen molar-refractivity contribution in [3.8, 4) is 0 Å². The number of unbranched alkanes of at least 4 members (excludes halogenated alkanes) is 15. The van der Waals surface area contributed by atoms with E-state index in [1.165, 1.54) is 134 Å². The summed E-state index contributed by atoms with van der Waals surface area (Å²) in [5.41, 5.74) is 1.40. The number of imidazole rings is 1. The Morgan fingerprint density at radius 2 is 1.12 bits per heavy atom. The topological polar surface area (TPSA) is 8.81 Å². The van der Waals surface area contributed by atoms with Crippen LogP contribution in [0.5, 0.6) is 0 Å². The normalized spacial score (nSPS) is 11.3. The number of aryl methyl sites for hydroxylation is 1. The number of aromatic nitrogens is 2. The fourth-order valence-electron chi connectivity index (χ4n) is 4.92. The summed E-state index contributed by atoms with van der Waals surface area (Å²) in [5.74, 6) is 1.52. The van der Waals surface area contributed by atoms with E-state index in [0.717, 1.165) is 6.54 Å². The highest BCUT2D eigenvalue weighted by Crippen LogP contribution is 2.14. The monoisotopic (exact) mass is 453 g/mol. The Labute approximate surface area is 205 Å². The van der Waals surface area contributed by atoms with Crippen molar-refractivity contribution >= 4 is 0 Å². The second-order valence-corrected chi connectivity index (χ2v) is 10.1. The van der Waals surface area contributed by atoms with Gasteiger partial charge in [0.2, 0.25) is 0 Å². The Bertz CT molecular complexity index is 688. The minimum absolute atomic E-state index is 0.996. The first-order chi connectivity index (χ1) is 16.3. The van der Waals surface area contributed by atoms with Crippen molar-refractivity contribution in [2.75, 3.05) is 0 Å². The lowest BCUT2D eigenvalue weighted by Gasteiger charge is -2.07. The van der Waals surface area contributed by atoms with Crippen LogP contribution in [0.4, 0.5) is 0 Å². The Balaban J connectivity index is 1.62. The molecule has 2 aromatic rings. The minimum atomic E-state index is 0.996. The van der Waals surface area contributed by atoms with Crippen LogP contribution in [0.15, 0.2) is 42.7 Å². The van der Waals surface area contributed by atoms with Crippen LogP contribution < -0.4 is 4.57 Å². The smallest absolute Gasteiger partial charge is 0.234 e. The molecule has 0 saturated heterocycles. The SMILES string of the molecule is CCCCCCCCCCCCCCCCc1n(Cc2ccccc2)cc[n+]1CCCCC. The molecule has 1 aromatic carbocycles. The third-order valence-corrected chi connectivity index (χ3v) is 7.04. The number of rotatable bonds is 21. The zero-order valence-corrected chi connectivity index (χ0v) is 22.1. The zero-order valence-electron chi connectivity index (χ0n) is 22.1. The van der Waals surface area contributed by atoms with Crippen molar-refractivity contribution in [2.45, 2.75) is 143 Å². The van der Waals surface area contributed by atoms with E-state index >= 15 is 0 Å². The summed E-state index contributed by atoms with van der Waals surface area (Å²) in [5, 5.41) is 0. The first-order valence-corrected chi connectivity index (χ1v) is 14.5. The van der Waals surface area contributed by atoms with Gasteiger partial charge in [-0.25, -0.2) is 9.13 Å². The average Bonchev–Trinajstić information content (AvgIpc) is 3.21. The highest BCUT2D eigenvalue weighted by molar-refractivity contribution is 5.15. The molecule has 0 atom stereocenters. The number of benzene rings is 1. The van der Waals surface area contributed by atoms with Crippen LogP contribution in [0.2, 0.25) is 0 Å². The van der Waals surface area contributed by atoms with Crippen LogP contribution in [0.1, 0.15) is 134 Å². The highest BCUT2D eigenvalue weighted by atomic mass is 15.1. The molecule has 33 heavy (non-hydrogen) atoms. The van der Waals surface area contributed by atoms with Gasteiger partial charge in [-0.1, -0.05) is 134 Å². The first-order valence-electron chi connectivity index (χ1n) is 14.5. The van der Waals surface area contributed by atoms with Crippen LogP contribution >= 0.6 is 0 Å². The van der Waals surface area contributed by atoms with Gasteiger partial charge in [0.05, 0.1) is 6.54 Å². The van der Waals surface area contributed by atoms with E-state index in [-0.39, 0.29) is 0 Å². The molecular weight excluding hydrogens is 400 g/mol. The molecule has 0 bridgehead atoms. The van der Waals surface area contributed by atoms with Crippen LogP contribution in [-0.2, 0) is 19.5 Å². The second-order valence-electron chi connectivity index (χ2n) is 10.1. The lowest BCUT2D eigenvalue weighted by atomic mass is 10.0. The van der Waals surface area contributed by atoms with Crippen molar-refractivity contribution < 1.29 is 4.57 Å². The molecule has 0 aliphatic rings. The standard InChI is InChI=1S/C31H53N2/c1-3-5-7-8-9-10-11-12-13-14-15-16-17-21-25-31-32(26-22-6-4-2)27-28-33(31)29-30-23-19-18-20-24-30/h18-20,23-24,27-28H,3-17,21-22,25-26,29H2,1-2H3/q+1. The van der Waals surface area contributed by atoms with E-state index in [1.54, 1.807) is 0 Å². The third-order valence-electron chi connectivity index (χ3n) is 7.04. The van der Waals surface area contributed by atoms with E-state index < -0.39 is 0 Å². The van der Waals surface area contributed by atoms with Crippen LogP contribution in [0.25, 0.3) is 0 Å². The van der Waals surface area contributed by atoms with Gasteiger partial charge in [0.25, 0.3) is 5.82 Å². The summed E-state index contributed by atoms with van der Waals surface area (Å²) in [6, 6.07) is 10.9. The maximum absolute atomic E-state index is 2.53. The minimum Gasteiger partial charge on any atom is -0.234 e. The molecule has 1 heterocycles. The molecule has 0 aliphatic heterocycles. The van der Waals surface area contributed by atoms with E-state index in [0.29, 0.717) is 0 Å². The number of nitrogens with zero attached hydrogens (tertiary/aromatic N) is 2. The van der Waals surface area contributed by atoms with Gasteiger partial charge in [-0.15, -0.1) is 0 Å². The van der Waals surface area contributed by atoms with Crippen molar-refractivity contribution in [1.29, 1.82) is 0 Å². The molecule has 186 valence electrons. The second kappa shape index (κ2) is 18.8. The fraction of sp³-hybridized carbons (Fsp3) is 0.710. The summed E-state index contributed by atoms with van der Waals surface area (Å²) in [7, 11) is 0. The van der Waals surface area contributed by atoms with E-state index in [4.69, 9.17) is 0 Å². The van der Waals surface area contributed by atoms with Gasteiger partial charge in [-0.3, -0.25) is 0 Å². The zero-order chi connectivity index (χ0) is 23.4. The Kier molecular flexibility index (Phi) is 15.8.